The molecule has 0 aromatic heterocycles. The average Bonchev–Trinajstić information content (AvgIpc) is 2.49. The Hall–Kier alpha value is -1.51. The number of rotatable bonds is 3. The van der Waals surface area contributed by atoms with Crippen molar-refractivity contribution in [3.63, 3.8) is 0 Å². The molecule has 3 rings (SSSR count). The van der Waals surface area contributed by atoms with Gasteiger partial charge in [0.05, 0.1) is 12.7 Å². The summed E-state index contributed by atoms with van der Waals surface area (Å²) in [6, 6.07) is 13.6. The molecular weight excluding hydrogens is 272 g/mol. The van der Waals surface area contributed by atoms with E-state index in [0.717, 1.165) is 36.3 Å². The minimum absolute atomic E-state index is 0.552. The molecular formula is C17H17ClO2. The van der Waals surface area contributed by atoms with Gasteiger partial charge in [-0.3, -0.25) is 0 Å². The van der Waals surface area contributed by atoms with Crippen molar-refractivity contribution in [3.8, 4) is 5.75 Å². The van der Waals surface area contributed by atoms with Gasteiger partial charge in [-0.1, -0.05) is 41.9 Å². The summed E-state index contributed by atoms with van der Waals surface area (Å²) < 4.78 is 5.75. The number of aryl methyl sites for hydroxylation is 1. The van der Waals surface area contributed by atoms with E-state index in [1.54, 1.807) is 0 Å². The van der Waals surface area contributed by atoms with Crippen LogP contribution in [0.4, 0.5) is 0 Å². The molecule has 0 spiro atoms. The highest BCUT2D eigenvalue weighted by Crippen LogP contribution is 2.34. The van der Waals surface area contributed by atoms with Crippen LogP contribution < -0.4 is 4.74 Å². The fourth-order valence-corrected chi connectivity index (χ4v) is 2.76. The average molecular weight is 289 g/mol. The maximum Gasteiger partial charge on any atom is 0.128 e. The SMILES string of the molecule is OC(Cc1ccc(Cl)cc1)c1cccc2c1OCCC2. The maximum absolute atomic E-state index is 10.5. The van der Waals surface area contributed by atoms with Crippen molar-refractivity contribution in [3.05, 3.63) is 64.2 Å². The number of para-hydroxylation sites is 1. The molecule has 2 aromatic carbocycles. The van der Waals surface area contributed by atoms with Crippen LogP contribution in [0, 0.1) is 0 Å². The second-order valence-electron chi connectivity index (χ2n) is 5.13. The number of fused-ring (bicyclic) bond motifs is 1. The Morgan fingerprint density at radius 1 is 1.15 bits per heavy atom. The van der Waals surface area contributed by atoms with Crippen LogP contribution in [0.15, 0.2) is 42.5 Å². The van der Waals surface area contributed by atoms with Crippen LogP contribution in [-0.4, -0.2) is 11.7 Å². The van der Waals surface area contributed by atoms with Crippen LogP contribution in [0.2, 0.25) is 5.02 Å². The van der Waals surface area contributed by atoms with E-state index in [4.69, 9.17) is 16.3 Å². The quantitative estimate of drug-likeness (QED) is 0.927. The van der Waals surface area contributed by atoms with Gasteiger partial charge < -0.3 is 9.84 Å². The van der Waals surface area contributed by atoms with Crippen LogP contribution in [0.25, 0.3) is 0 Å². The molecule has 0 radical (unpaired) electrons. The van der Waals surface area contributed by atoms with E-state index in [9.17, 15) is 5.11 Å². The first kappa shape index (κ1) is 13.5. The van der Waals surface area contributed by atoms with E-state index in [1.165, 1.54) is 5.56 Å². The van der Waals surface area contributed by atoms with E-state index >= 15 is 0 Å². The van der Waals surface area contributed by atoms with Gasteiger partial charge in [0.1, 0.15) is 5.75 Å². The summed E-state index contributed by atoms with van der Waals surface area (Å²) in [5.41, 5.74) is 3.15. The Kier molecular flexibility index (Phi) is 3.95. The number of ether oxygens (including phenoxy) is 1. The van der Waals surface area contributed by atoms with Gasteiger partial charge in [0.15, 0.2) is 0 Å². The Bertz CT molecular complexity index is 592. The highest BCUT2D eigenvalue weighted by Gasteiger charge is 2.19. The number of halogens is 1. The van der Waals surface area contributed by atoms with Crippen molar-refractivity contribution in [2.75, 3.05) is 6.61 Å². The van der Waals surface area contributed by atoms with Crippen molar-refractivity contribution >= 4 is 11.6 Å². The molecule has 1 aliphatic heterocycles. The molecule has 0 aliphatic carbocycles. The third kappa shape index (κ3) is 2.82. The molecule has 1 unspecified atom stereocenters. The minimum atomic E-state index is -0.552. The molecule has 0 bridgehead atoms. The monoisotopic (exact) mass is 288 g/mol. The van der Waals surface area contributed by atoms with E-state index in [2.05, 4.69) is 6.07 Å². The predicted molar refractivity (Wildman–Crippen MR) is 80.4 cm³/mol. The van der Waals surface area contributed by atoms with E-state index in [1.807, 2.05) is 36.4 Å². The van der Waals surface area contributed by atoms with Crippen molar-refractivity contribution in [2.24, 2.45) is 0 Å². The zero-order valence-corrected chi connectivity index (χ0v) is 11.9. The van der Waals surface area contributed by atoms with Crippen molar-refractivity contribution in [2.45, 2.75) is 25.4 Å². The fourth-order valence-electron chi connectivity index (χ4n) is 2.63. The Balaban J connectivity index is 1.83. The van der Waals surface area contributed by atoms with Crippen molar-refractivity contribution in [1.82, 2.24) is 0 Å². The lowest BCUT2D eigenvalue weighted by molar-refractivity contribution is 0.169. The van der Waals surface area contributed by atoms with Gasteiger partial charge in [-0.05, 0) is 36.1 Å². The summed E-state index contributed by atoms with van der Waals surface area (Å²) in [5.74, 6) is 0.875. The number of aliphatic hydroxyl groups excluding tert-OH is 1. The van der Waals surface area contributed by atoms with Gasteiger partial charge in [-0.2, -0.15) is 0 Å². The number of aliphatic hydroxyl groups is 1. The Morgan fingerprint density at radius 2 is 1.95 bits per heavy atom. The summed E-state index contributed by atoms with van der Waals surface area (Å²) in [6.45, 7) is 0.734. The first-order valence-corrected chi connectivity index (χ1v) is 7.29. The number of hydrogen-bond acceptors (Lipinski definition) is 2. The lowest BCUT2D eigenvalue weighted by Crippen LogP contribution is -2.13. The van der Waals surface area contributed by atoms with Gasteiger partial charge in [0.25, 0.3) is 0 Å². The predicted octanol–water partition coefficient (Wildman–Crippen LogP) is 3.94. The van der Waals surface area contributed by atoms with Crippen LogP contribution in [0.5, 0.6) is 5.75 Å². The summed E-state index contributed by atoms with van der Waals surface area (Å²) in [6.07, 6.45) is 2.08. The van der Waals surface area contributed by atoms with Crippen molar-refractivity contribution in [1.29, 1.82) is 0 Å². The summed E-state index contributed by atoms with van der Waals surface area (Å²) >= 11 is 5.88. The molecule has 0 saturated heterocycles. The normalized spacial score (nSPS) is 15.3. The molecule has 20 heavy (non-hydrogen) atoms. The third-order valence-electron chi connectivity index (χ3n) is 3.67. The van der Waals surface area contributed by atoms with Gasteiger partial charge in [0, 0.05) is 17.0 Å². The molecule has 1 heterocycles. The zero-order chi connectivity index (χ0) is 13.9. The van der Waals surface area contributed by atoms with Crippen molar-refractivity contribution < 1.29 is 9.84 Å². The second kappa shape index (κ2) is 5.86. The fraction of sp³-hybridized carbons (Fsp3) is 0.294. The Morgan fingerprint density at radius 3 is 2.75 bits per heavy atom. The van der Waals surface area contributed by atoms with Crippen LogP contribution in [-0.2, 0) is 12.8 Å². The summed E-state index contributed by atoms with van der Waals surface area (Å²) in [4.78, 5) is 0. The smallest absolute Gasteiger partial charge is 0.128 e. The molecule has 0 fully saturated rings. The van der Waals surface area contributed by atoms with Gasteiger partial charge in [-0.15, -0.1) is 0 Å². The first-order valence-electron chi connectivity index (χ1n) is 6.91. The number of hydrogen-bond donors (Lipinski definition) is 1. The molecule has 104 valence electrons. The number of benzene rings is 2. The lowest BCUT2D eigenvalue weighted by atomic mass is 9.96. The van der Waals surface area contributed by atoms with Gasteiger partial charge >= 0.3 is 0 Å². The minimum Gasteiger partial charge on any atom is -0.493 e. The van der Waals surface area contributed by atoms with E-state index in [-0.39, 0.29) is 0 Å². The van der Waals surface area contributed by atoms with Gasteiger partial charge in [-0.25, -0.2) is 0 Å². The highest BCUT2D eigenvalue weighted by atomic mass is 35.5. The molecule has 2 nitrogen and oxygen atoms in total. The second-order valence-corrected chi connectivity index (χ2v) is 5.57. The highest BCUT2D eigenvalue weighted by molar-refractivity contribution is 6.30. The third-order valence-corrected chi connectivity index (χ3v) is 3.92. The lowest BCUT2D eigenvalue weighted by Gasteiger charge is -2.22. The van der Waals surface area contributed by atoms with Crippen LogP contribution in [0.3, 0.4) is 0 Å². The maximum atomic E-state index is 10.5. The summed E-state index contributed by atoms with van der Waals surface area (Å²) in [7, 11) is 0. The molecule has 1 aliphatic rings. The topological polar surface area (TPSA) is 29.5 Å². The zero-order valence-electron chi connectivity index (χ0n) is 11.2. The largest absolute Gasteiger partial charge is 0.493 e. The molecule has 0 amide bonds. The first-order chi connectivity index (χ1) is 9.74. The molecule has 3 heteroatoms. The van der Waals surface area contributed by atoms with E-state index < -0.39 is 6.10 Å². The summed E-state index contributed by atoms with van der Waals surface area (Å²) in [5, 5.41) is 11.2. The van der Waals surface area contributed by atoms with Gasteiger partial charge in [0.2, 0.25) is 0 Å². The molecule has 1 N–H and O–H groups in total. The molecule has 0 saturated carbocycles. The Labute approximate surface area is 124 Å². The molecule has 1 atom stereocenters. The van der Waals surface area contributed by atoms with E-state index in [0.29, 0.717) is 11.4 Å². The standard InChI is InChI=1S/C17H17ClO2/c18-14-8-6-12(7-9-14)11-16(19)15-5-1-3-13-4-2-10-20-17(13)15/h1,3,5-9,16,19H,2,4,10-11H2. The molecule has 2 aromatic rings. The van der Waals surface area contributed by atoms with Crippen LogP contribution in [0.1, 0.15) is 29.2 Å². The van der Waals surface area contributed by atoms with Crippen LogP contribution >= 0.6 is 11.6 Å².